The number of methoxy groups -OCH3 is 1. The summed E-state index contributed by atoms with van der Waals surface area (Å²) in [6, 6.07) is 18.0. The van der Waals surface area contributed by atoms with E-state index in [4.69, 9.17) is 21.7 Å². The Kier molecular flexibility index (Phi) is 8.09. The minimum atomic E-state index is -0.824. The Morgan fingerprint density at radius 2 is 1.78 bits per heavy atom. The fourth-order valence-electron chi connectivity index (χ4n) is 3.94. The zero-order valence-corrected chi connectivity index (χ0v) is 21.2. The molecule has 2 aromatic carbocycles. The molecule has 1 fully saturated rings. The van der Waals surface area contributed by atoms with Crippen molar-refractivity contribution in [2.45, 2.75) is 25.9 Å². The van der Waals surface area contributed by atoms with E-state index in [1.165, 1.54) is 4.90 Å². The van der Waals surface area contributed by atoms with Crippen LogP contribution in [-0.2, 0) is 20.9 Å². The average molecular weight is 519 g/mol. The molecule has 37 heavy (non-hydrogen) atoms. The van der Waals surface area contributed by atoms with Gasteiger partial charge in [0.1, 0.15) is 11.8 Å². The zero-order chi connectivity index (χ0) is 26.4. The highest BCUT2D eigenvalue weighted by molar-refractivity contribution is 7.80. The van der Waals surface area contributed by atoms with Crippen LogP contribution in [0.4, 0.5) is 11.4 Å². The molecule has 1 atom stereocenters. The number of benzene rings is 2. The molecule has 3 aromatic rings. The molecule has 190 valence electrons. The summed E-state index contributed by atoms with van der Waals surface area (Å²) in [5.74, 6) is -0.461. The van der Waals surface area contributed by atoms with E-state index in [0.717, 1.165) is 0 Å². The monoisotopic (exact) mass is 518 g/mol. The molecule has 0 unspecified atom stereocenters. The van der Waals surface area contributed by atoms with Crippen LogP contribution in [0.25, 0.3) is 0 Å². The van der Waals surface area contributed by atoms with Crippen molar-refractivity contribution in [2.24, 2.45) is 0 Å². The Morgan fingerprint density at radius 3 is 2.41 bits per heavy atom. The summed E-state index contributed by atoms with van der Waals surface area (Å²) in [4.78, 5) is 45.9. The number of hydrogen-bond acceptors (Lipinski definition) is 7. The van der Waals surface area contributed by atoms with E-state index >= 15 is 0 Å². The molecule has 10 heteroatoms. The van der Waals surface area contributed by atoms with Gasteiger partial charge in [0.25, 0.3) is 5.91 Å². The van der Waals surface area contributed by atoms with Crippen LogP contribution in [0.2, 0.25) is 0 Å². The van der Waals surface area contributed by atoms with Gasteiger partial charge in [-0.3, -0.25) is 19.5 Å². The molecular weight excluding hydrogens is 492 g/mol. The zero-order valence-electron chi connectivity index (χ0n) is 20.4. The van der Waals surface area contributed by atoms with Crippen molar-refractivity contribution in [2.75, 3.05) is 23.9 Å². The molecule has 0 aliphatic carbocycles. The van der Waals surface area contributed by atoms with Gasteiger partial charge in [-0.15, -0.1) is 0 Å². The fraction of sp³-hybridized carbons (Fsp3) is 0.222. The lowest BCUT2D eigenvalue weighted by Crippen LogP contribution is -2.37. The molecule has 0 saturated carbocycles. The van der Waals surface area contributed by atoms with Crippen LogP contribution in [0, 0.1) is 0 Å². The minimum Gasteiger partial charge on any atom is -0.497 e. The van der Waals surface area contributed by atoms with Gasteiger partial charge in [0.15, 0.2) is 5.11 Å². The third kappa shape index (κ3) is 5.92. The van der Waals surface area contributed by atoms with Crippen molar-refractivity contribution >= 4 is 46.5 Å². The van der Waals surface area contributed by atoms with Crippen molar-refractivity contribution in [3.63, 3.8) is 0 Å². The third-order valence-corrected chi connectivity index (χ3v) is 6.18. The number of pyridine rings is 1. The highest BCUT2D eigenvalue weighted by Crippen LogP contribution is 2.30. The number of amides is 2. The summed E-state index contributed by atoms with van der Waals surface area (Å²) >= 11 is 5.70. The number of aromatic nitrogens is 1. The highest BCUT2D eigenvalue weighted by Gasteiger charge is 2.44. The first kappa shape index (κ1) is 25.8. The first-order chi connectivity index (χ1) is 17.9. The topological polar surface area (TPSA) is 101 Å². The maximum Gasteiger partial charge on any atom is 0.338 e. The number of rotatable bonds is 9. The molecule has 4 rings (SSSR count). The molecule has 2 heterocycles. The number of thiocarbonyl (C=S) groups is 1. The van der Waals surface area contributed by atoms with E-state index < -0.39 is 12.0 Å². The molecule has 2 amide bonds. The van der Waals surface area contributed by atoms with Gasteiger partial charge in [0, 0.05) is 11.9 Å². The number of nitrogens with zero attached hydrogens (tertiary/aromatic N) is 3. The molecule has 9 nitrogen and oxygen atoms in total. The Labute approximate surface area is 220 Å². The predicted octanol–water partition coefficient (Wildman–Crippen LogP) is 3.80. The number of carbonyl (C=O) groups is 3. The summed E-state index contributed by atoms with van der Waals surface area (Å²) in [6.07, 6.45) is 1.54. The quantitative estimate of drug-likeness (QED) is 0.337. The lowest BCUT2D eigenvalue weighted by atomic mass is 10.1. The second-order valence-electron chi connectivity index (χ2n) is 8.17. The number of ether oxygens (including phenoxy) is 2. The summed E-state index contributed by atoms with van der Waals surface area (Å²) in [7, 11) is 1.56. The van der Waals surface area contributed by atoms with E-state index in [1.54, 1.807) is 79.7 Å². The Morgan fingerprint density at radius 1 is 1.05 bits per heavy atom. The maximum absolute atomic E-state index is 13.6. The third-order valence-electron chi connectivity index (χ3n) is 5.77. The Balaban J connectivity index is 1.53. The Bertz CT molecular complexity index is 1280. The second-order valence-corrected chi connectivity index (χ2v) is 8.53. The number of nitrogens with one attached hydrogen (secondary N) is 1. The highest BCUT2D eigenvalue weighted by atomic mass is 32.1. The fourth-order valence-corrected chi connectivity index (χ4v) is 4.33. The largest absolute Gasteiger partial charge is 0.497 e. The van der Waals surface area contributed by atoms with Crippen LogP contribution in [0.1, 0.15) is 29.4 Å². The Hall–Kier alpha value is -4.31. The molecule has 1 aliphatic rings. The molecule has 0 spiro atoms. The van der Waals surface area contributed by atoms with E-state index in [0.29, 0.717) is 28.4 Å². The lowest BCUT2D eigenvalue weighted by Gasteiger charge is -2.23. The van der Waals surface area contributed by atoms with Crippen LogP contribution in [0.3, 0.4) is 0 Å². The summed E-state index contributed by atoms with van der Waals surface area (Å²) < 4.78 is 10.2. The van der Waals surface area contributed by atoms with Crippen LogP contribution in [0.5, 0.6) is 5.75 Å². The van der Waals surface area contributed by atoms with Crippen LogP contribution in [0.15, 0.2) is 72.9 Å². The first-order valence-electron chi connectivity index (χ1n) is 11.7. The molecule has 1 saturated heterocycles. The van der Waals surface area contributed by atoms with Crippen LogP contribution >= 0.6 is 12.2 Å². The smallest absolute Gasteiger partial charge is 0.338 e. The number of esters is 1. The predicted molar refractivity (Wildman–Crippen MR) is 142 cm³/mol. The molecule has 1 aliphatic heterocycles. The second kappa shape index (κ2) is 11.6. The van der Waals surface area contributed by atoms with E-state index in [2.05, 4.69) is 10.3 Å². The summed E-state index contributed by atoms with van der Waals surface area (Å²) in [6.45, 7) is 2.27. The van der Waals surface area contributed by atoms with Gasteiger partial charge in [0.2, 0.25) is 5.91 Å². The molecule has 1 N–H and O–H groups in total. The van der Waals surface area contributed by atoms with Crippen molar-refractivity contribution in [3.8, 4) is 5.75 Å². The maximum atomic E-state index is 13.6. The van der Waals surface area contributed by atoms with Gasteiger partial charge in [0.05, 0.1) is 43.6 Å². The lowest BCUT2D eigenvalue weighted by molar-refractivity contribution is -0.124. The van der Waals surface area contributed by atoms with Gasteiger partial charge >= 0.3 is 5.97 Å². The van der Waals surface area contributed by atoms with Crippen molar-refractivity contribution in [3.05, 3.63) is 84.2 Å². The van der Waals surface area contributed by atoms with Crippen molar-refractivity contribution in [1.29, 1.82) is 0 Å². The van der Waals surface area contributed by atoms with E-state index in [-0.39, 0.29) is 36.5 Å². The van der Waals surface area contributed by atoms with Gasteiger partial charge in [-0.05, 0) is 79.8 Å². The molecule has 1 aromatic heterocycles. The van der Waals surface area contributed by atoms with Crippen molar-refractivity contribution in [1.82, 2.24) is 9.88 Å². The molecular formula is C27H26N4O5S. The van der Waals surface area contributed by atoms with Crippen LogP contribution < -0.4 is 15.0 Å². The summed E-state index contributed by atoms with van der Waals surface area (Å²) in [5, 5.41) is 3.08. The van der Waals surface area contributed by atoms with Gasteiger partial charge in [-0.1, -0.05) is 6.07 Å². The normalized spacial score (nSPS) is 15.0. The first-order valence-corrected chi connectivity index (χ1v) is 12.1. The van der Waals surface area contributed by atoms with E-state index in [9.17, 15) is 14.4 Å². The molecule has 0 bridgehead atoms. The average Bonchev–Trinajstić information content (AvgIpc) is 3.13. The van der Waals surface area contributed by atoms with Crippen LogP contribution in [-0.4, -0.2) is 52.5 Å². The van der Waals surface area contributed by atoms with Crippen molar-refractivity contribution < 1.29 is 23.9 Å². The van der Waals surface area contributed by atoms with Gasteiger partial charge in [-0.25, -0.2) is 4.79 Å². The SMILES string of the molecule is CCOC(=O)c1ccc(NC(=O)C[C@H]2C(=O)N(c3ccc(OC)cc3)C(=S)N2Cc2ccccn2)cc1. The molecule has 0 radical (unpaired) electrons. The van der Waals surface area contributed by atoms with Gasteiger partial charge in [-0.2, -0.15) is 0 Å². The minimum absolute atomic E-state index is 0.127. The number of carbonyl (C=O) groups excluding carboxylic acids is 3. The van der Waals surface area contributed by atoms with Gasteiger partial charge < -0.3 is 19.7 Å². The standard InChI is InChI=1S/C27H26N4O5S/c1-3-36-26(34)18-7-9-19(10-8-18)29-24(32)16-23-25(33)31(21-11-13-22(35-2)14-12-21)27(37)30(23)17-20-6-4-5-15-28-20/h4-15,23H,3,16-17H2,1-2H3,(H,29,32)/t23-/m0/s1. The summed E-state index contributed by atoms with van der Waals surface area (Å²) in [5.41, 5.74) is 2.18. The number of anilines is 2. The van der Waals surface area contributed by atoms with E-state index in [1.807, 2.05) is 12.1 Å². The number of hydrogen-bond donors (Lipinski definition) is 1.